The van der Waals surface area contributed by atoms with Gasteiger partial charge in [0.2, 0.25) is 3.79 Å². The van der Waals surface area contributed by atoms with Crippen molar-refractivity contribution in [1.82, 2.24) is 0 Å². The van der Waals surface area contributed by atoms with Crippen LogP contribution in [0, 0.1) is 0 Å². The summed E-state index contributed by atoms with van der Waals surface area (Å²) in [4.78, 5) is 0. The van der Waals surface area contributed by atoms with Crippen LogP contribution in [0.1, 0.15) is 11.7 Å². The minimum atomic E-state index is -1.82. The molecule has 1 fully saturated rings. The van der Waals surface area contributed by atoms with E-state index in [-0.39, 0.29) is 12.2 Å². The van der Waals surface area contributed by atoms with E-state index in [1.807, 2.05) is 30.3 Å². The van der Waals surface area contributed by atoms with Crippen molar-refractivity contribution < 1.29 is 9.16 Å². The van der Waals surface area contributed by atoms with Crippen molar-refractivity contribution in [1.29, 1.82) is 0 Å². The zero-order valence-electron chi connectivity index (χ0n) is 11.1. The van der Waals surface area contributed by atoms with E-state index < -0.39 is 18.2 Å². The molecule has 3 atom stereocenters. The molecule has 1 heterocycles. The Hall–Kier alpha value is 0.227. The number of epoxide rings is 1. The standard InChI is InChI=1S/C13H17Cl3O2Si/c1-19(2,3)18-12(13(14,15)16)11-10(17-11)9-7-5-4-6-8-9/h4-8,10-12H,1-3H3/t10-,11+,12+/m0/s1. The molecule has 0 spiro atoms. The Labute approximate surface area is 130 Å². The second-order valence-electron chi connectivity index (χ2n) is 5.62. The Balaban J connectivity index is 2.11. The molecule has 1 aliphatic heterocycles. The third kappa shape index (κ3) is 4.35. The van der Waals surface area contributed by atoms with Crippen LogP contribution in [-0.4, -0.2) is 24.3 Å². The summed E-state index contributed by atoms with van der Waals surface area (Å²) in [5, 5.41) is 0. The van der Waals surface area contributed by atoms with Gasteiger partial charge in [-0.15, -0.1) is 0 Å². The van der Waals surface area contributed by atoms with E-state index in [1.165, 1.54) is 0 Å². The average molecular weight is 340 g/mol. The zero-order chi connectivity index (χ0) is 14.3. The molecule has 0 aliphatic carbocycles. The molecule has 1 aromatic rings. The predicted octanol–water partition coefficient (Wildman–Crippen LogP) is 4.72. The summed E-state index contributed by atoms with van der Waals surface area (Å²) in [6.07, 6.45) is -0.769. The number of halogens is 3. The Morgan fingerprint density at radius 1 is 1.16 bits per heavy atom. The van der Waals surface area contributed by atoms with Crippen molar-refractivity contribution in [2.45, 2.75) is 41.7 Å². The topological polar surface area (TPSA) is 21.8 Å². The molecule has 1 aromatic carbocycles. The highest BCUT2D eigenvalue weighted by molar-refractivity contribution is 6.71. The first-order chi connectivity index (χ1) is 8.68. The number of alkyl halides is 3. The van der Waals surface area contributed by atoms with Gasteiger partial charge in [0.1, 0.15) is 18.3 Å². The number of ether oxygens (including phenoxy) is 1. The molecule has 0 radical (unpaired) electrons. The third-order valence-electron chi connectivity index (χ3n) is 2.76. The van der Waals surface area contributed by atoms with Crippen molar-refractivity contribution in [3.05, 3.63) is 35.9 Å². The van der Waals surface area contributed by atoms with Gasteiger partial charge in [-0.25, -0.2) is 0 Å². The fourth-order valence-corrected chi connectivity index (χ4v) is 3.77. The van der Waals surface area contributed by atoms with Gasteiger partial charge in [0.05, 0.1) is 0 Å². The lowest BCUT2D eigenvalue weighted by atomic mass is 10.1. The number of rotatable bonds is 4. The first kappa shape index (κ1) is 15.6. The van der Waals surface area contributed by atoms with Crippen molar-refractivity contribution in [3.8, 4) is 0 Å². The van der Waals surface area contributed by atoms with Crippen LogP contribution in [0.25, 0.3) is 0 Å². The van der Waals surface area contributed by atoms with E-state index in [0.717, 1.165) is 5.56 Å². The van der Waals surface area contributed by atoms with E-state index in [0.29, 0.717) is 0 Å². The normalized spacial score (nSPS) is 25.2. The molecule has 0 bridgehead atoms. The fraction of sp³-hybridized carbons (Fsp3) is 0.538. The molecule has 0 unspecified atom stereocenters. The first-order valence-electron chi connectivity index (χ1n) is 6.13. The molecule has 2 nitrogen and oxygen atoms in total. The summed E-state index contributed by atoms with van der Waals surface area (Å²) in [7, 11) is -1.82. The molecule has 0 aromatic heterocycles. The smallest absolute Gasteiger partial charge is 0.217 e. The Bertz CT molecular complexity index is 428. The first-order valence-corrected chi connectivity index (χ1v) is 10.7. The quantitative estimate of drug-likeness (QED) is 0.450. The van der Waals surface area contributed by atoms with E-state index in [9.17, 15) is 0 Å². The molecular weight excluding hydrogens is 323 g/mol. The average Bonchev–Trinajstić information content (AvgIpc) is 3.04. The molecule has 1 aliphatic rings. The van der Waals surface area contributed by atoms with Gasteiger partial charge < -0.3 is 9.16 Å². The second kappa shape index (κ2) is 5.55. The largest absolute Gasteiger partial charge is 0.408 e. The SMILES string of the molecule is C[Si](C)(C)O[C@H]([C@@H]1O[C@H]1c1ccccc1)C(Cl)(Cl)Cl. The molecule has 2 rings (SSSR count). The van der Waals surface area contributed by atoms with Crippen molar-refractivity contribution in [2.75, 3.05) is 0 Å². The molecular formula is C13H17Cl3O2Si. The van der Waals surface area contributed by atoms with E-state index in [4.69, 9.17) is 44.0 Å². The van der Waals surface area contributed by atoms with Crippen LogP contribution >= 0.6 is 34.8 Å². The lowest BCUT2D eigenvalue weighted by Crippen LogP contribution is -2.42. The van der Waals surface area contributed by atoms with Crippen LogP contribution in [0.2, 0.25) is 19.6 Å². The molecule has 0 N–H and O–H groups in total. The van der Waals surface area contributed by atoms with Gasteiger partial charge in [0.25, 0.3) is 0 Å². The van der Waals surface area contributed by atoms with Crippen molar-refractivity contribution in [3.63, 3.8) is 0 Å². The van der Waals surface area contributed by atoms with Crippen LogP contribution in [0.4, 0.5) is 0 Å². The Kier molecular flexibility index (Phi) is 4.56. The van der Waals surface area contributed by atoms with Crippen LogP contribution < -0.4 is 0 Å². The van der Waals surface area contributed by atoms with Gasteiger partial charge in [-0.1, -0.05) is 65.1 Å². The van der Waals surface area contributed by atoms with Crippen molar-refractivity contribution in [2.24, 2.45) is 0 Å². The Morgan fingerprint density at radius 3 is 2.21 bits per heavy atom. The number of benzene rings is 1. The summed E-state index contributed by atoms with van der Waals surface area (Å²) >= 11 is 18.1. The van der Waals surface area contributed by atoms with Gasteiger partial charge in [-0.3, -0.25) is 0 Å². The minimum Gasteiger partial charge on any atom is -0.408 e. The van der Waals surface area contributed by atoms with Crippen LogP contribution in [0.5, 0.6) is 0 Å². The van der Waals surface area contributed by atoms with E-state index in [1.54, 1.807) is 0 Å². The summed E-state index contributed by atoms with van der Waals surface area (Å²) < 4.78 is 10.2. The monoisotopic (exact) mass is 338 g/mol. The van der Waals surface area contributed by atoms with Crippen molar-refractivity contribution >= 4 is 43.1 Å². The van der Waals surface area contributed by atoms with Gasteiger partial charge in [-0.2, -0.15) is 0 Å². The predicted molar refractivity (Wildman–Crippen MR) is 82.6 cm³/mol. The summed E-state index contributed by atoms with van der Waals surface area (Å²) in [6.45, 7) is 6.20. The number of hydrogen-bond donors (Lipinski definition) is 0. The molecule has 0 amide bonds. The highest BCUT2D eigenvalue weighted by Crippen LogP contribution is 2.49. The molecule has 6 heteroatoms. The fourth-order valence-electron chi connectivity index (χ4n) is 1.97. The maximum Gasteiger partial charge on any atom is 0.217 e. The van der Waals surface area contributed by atoms with Gasteiger partial charge in [-0.05, 0) is 25.2 Å². The summed E-state index contributed by atoms with van der Waals surface area (Å²) in [5.41, 5.74) is 1.09. The lowest BCUT2D eigenvalue weighted by molar-refractivity contribution is 0.155. The van der Waals surface area contributed by atoms with Gasteiger partial charge >= 0.3 is 0 Å². The van der Waals surface area contributed by atoms with Gasteiger partial charge in [0, 0.05) is 0 Å². The zero-order valence-corrected chi connectivity index (χ0v) is 14.3. The highest BCUT2D eigenvalue weighted by atomic mass is 35.6. The van der Waals surface area contributed by atoms with Crippen LogP contribution in [-0.2, 0) is 9.16 Å². The lowest BCUT2D eigenvalue weighted by Gasteiger charge is -2.30. The number of hydrogen-bond acceptors (Lipinski definition) is 2. The molecule has 0 saturated carbocycles. The highest BCUT2D eigenvalue weighted by Gasteiger charge is 2.54. The summed E-state index contributed by atoms with van der Waals surface area (Å²) in [6, 6.07) is 9.92. The summed E-state index contributed by atoms with van der Waals surface area (Å²) in [5.74, 6) is 0. The third-order valence-corrected chi connectivity index (χ3v) is 4.36. The molecule has 19 heavy (non-hydrogen) atoms. The molecule has 106 valence electrons. The maximum absolute atomic E-state index is 6.04. The van der Waals surface area contributed by atoms with E-state index in [2.05, 4.69) is 19.6 Å². The maximum atomic E-state index is 6.04. The minimum absolute atomic E-state index is 0.0434. The molecule has 1 saturated heterocycles. The van der Waals surface area contributed by atoms with Gasteiger partial charge in [0.15, 0.2) is 8.32 Å². The van der Waals surface area contributed by atoms with E-state index >= 15 is 0 Å². The van der Waals surface area contributed by atoms with Crippen LogP contribution in [0.3, 0.4) is 0 Å². The van der Waals surface area contributed by atoms with Crippen LogP contribution in [0.15, 0.2) is 30.3 Å². The second-order valence-corrected chi connectivity index (χ2v) is 12.5. The Morgan fingerprint density at radius 2 is 1.74 bits per heavy atom.